The third-order valence-electron chi connectivity index (χ3n) is 1.85. The molecule has 0 aliphatic heterocycles. The third kappa shape index (κ3) is 3.54. The molecule has 78 valence electrons. The molecule has 0 unspecified atom stereocenters. The SMILES string of the molecule is CCCSCc1cc(Br)ccc1OC. The average molecular weight is 275 g/mol. The average Bonchev–Trinajstić information content (AvgIpc) is 2.19. The number of hydrogen-bond acceptors (Lipinski definition) is 2. The van der Waals surface area contributed by atoms with Crippen LogP contribution in [0.15, 0.2) is 22.7 Å². The van der Waals surface area contributed by atoms with E-state index in [1.54, 1.807) is 7.11 Å². The minimum absolute atomic E-state index is 0.983. The summed E-state index contributed by atoms with van der Waals surface area (Å²) >= 11 is 5.41. The van der Waals surface area contributed by atoms with E-state index >= 15 is 0 Å². The molecule has 0 aliphatic carbocycles. The summed E-state index contributed by atoms with van der Waals surface area (Å²) in [7, 11) is 1.72. The molecular formula is C11H15BrOS. The van der Waals surface area contributed by atoms with Crippen LogP contribution in [0.3, 0.4) is 0 Å². The number of rotatable bonds is 5. The second-order valence-corrected chi connectivity index (χ2v) is 5.03. The van der Waals surface area contributed by atoms with E-state index in [1.165, 1.54) is 17.7 Å². The molecule has 3 heteroatoms. The Labute approximate surface area is 98.4 Å². The lowest BCUT2D eigenvalue weighted by Crippen LogP contribution is -1.90. The summed E-state index contributed by atoms with van der Waals surface area (Å²) in [5, 5.41) is 0. The predicted molar refractivity (Wildman–Crippen MR) is 67.1 cm³/mol. The molecule has 0 saturated heterocycles. The summed E-state index contributed by atoms with van der Waals surface area (Å²) in [6.07, 6.45) is 1.22. The maximum absolute atomic E-state index is 5.30. The van der Waals surface area contributed by atoms with Gasteiger partial charge in [-0.25, -0.2) is 0 Å². The zero-order valence-corrected chi connectivity index (χ0v) is 11.0. The smallest absolute Gasteiger partial charge is 0.122 e. The lowest BCUT2D eigenvalue weighted by molar-refractivity contribution is 0.411. The van der Waals surface area contributed by atoms with Crippen LogP contribution in [0.25, 0.3) is 0 Å². The molecule has 14 heavy (non-hydrogen) atoms. The molecule has 0 bridgehead atoms. The first-order chi connectivity index (χ1) is 6.77. The fraction of sp³-hybridized carbons (Fsp3) is 0.455. The van der Waals surface area contributed by atoms with Gasteiger partial charge in [0.05, 0.1) is 7.11 Å². The summed E-state index contributed by atoms with van der Waals surface area (Å²) < 4.78 is 6.41. The fourth-order valence-electron chi connectivity index (χ4n) is 1.19. The number of ether oxygens (including phenoxy) is 1. The number of benzene rings is 1. The van der Waals surface area contributed by atoms with Crippen LogP contribution < -0.4 is 4.74 Å². The van der Waals surface area contributed by atoms with E-state index in [-0.39, 0.29) is 0 Å². The summed E-state index contributed by atoms with van der Waals surface area (Å²) in [6.45, 7) is 2.20. The minimum Gasteiger partial charge on any atom is -0.496 e. The standard InChI is InChI=1S/C11H15BrOS/c1-3-6-14-8-9-7-10(12)4-5-11(9)13-2/h4-5,7H,3,6,8H2,1-2H3. The van der Waals surface area contributed by atoms with Gasteiger partial charge in [-0.1, -0.05) is 22.9 Å². The van der Waals surface area contributed by atoms with Crippen LogP contribution in [-0.2, 0) is 5.75 Å². The monoisotopic (exact) mass is 274 g/mol. The van der Waals surface area contributed by atoms with Gasteiger partial charge in [0.2, 0.25) is 0 Å². The molecule has 0 heterocycles. The first-order valence-electron chi connectivity index (χ1n) is 4.68. The van der Waals surface area contributed by atoms with Gasteiger partial charge in [0.1, 0.15) is 5.75 Å². The van der Waals surface area contributed by atoms with Crippen LogP contribution in [0.4, 0.5) is 0 Å². The molecule has 0 fully saturated rings. The van der Waals surface area contributed by atoms with Crippen LogP contribution in [0, 0.1) is 0 Å². The van der Waals surface area contributed by atoms with Crippen molar-refractivity contribution >= 4 is 27.7 Å². The van der Waals surface area contributed by atoms with Crippen LogP contribution in [0.5, 0.6) is 5.75 Å². The molecule has 0 saturated carbocycles. The lowest BCUT2D eigenvalue weighted by atomic mass is 10.2. The molecule has 1 rings (SSSR count). The number of thioether (sulfide) groups is 1. The van der Waals surface area contributed by atoms with Gasteiger partial charge < -0.3 is 4.74 Å². The highest BCUT2D eigenvalue weighted by atomic mass is 79.9. The Balaban J connectivity index is 2.67. The Kier molecular flexibility index (Phi) is 5.41. The Morgan fingerprint density at radius 2 is 2.21 bits per heavy atom. The van der Waals surface area contributed by atoms with E-state index in [2.05, 4.69) is 28.9 Å². The molecule has 0 aromatic heterocycles. The Hall–Kier alpha value is -0.150. The number of halogens is 1. The van der Waals surface area contributed by atoms with E-state index in [0.717, 1.165) is 16.0 Å². The van der Waals surface area contributed by atoms with Crippen molar-refractivity contribution in [3.8, 4) is 5.75 Å². The molecule has 1 aromatic carbocycles. The largest absolute Gasteiger partial charge is 0.496 e. The van der Waals surface area contributed by atoms with Gasteiger partial charge in [-0.3, -0.25) is 0 Å². The molecule has 0 spiro atoms. The van der Waals surface area contributed by atoms with Crippen molar-refractivity contribution in [2.75, 3.05) is 12.9 Å². The molecule has 0 atom stereocenters. The molecule has 0 amide bonds. The molecule has 0 N–H and O–H groups in total. The topological polar surface area (TPSA) is 9.23 Å². The van der Waals surface area contributed by atoms with Crippen molar-refractivity contribution in [3.63, 3.8) is 0 Å². The van der Waals surface area contributed by atoms with Crippen molar-refractivity contribution in [3.05, 3.63) is 28.2 Å². The Morgan fingerprint density at radius 1 is 1.43 bits per heavy atom. The van der Waals surface area contributed by atoms with Crippen molar-refractivity contribution in [2.45, 2.75) is 19.1 Å². The van der Waals surface area contributed by atoms with Crippen LogP contribution in [0.1, 0.15) is 18.9 Å². The van der Waals surface area contributed by atoms with Gasteiger partial charge in [0.25, 0.3) is 0 Å². The van der Waals surface area contributed by atoms with Crippen molar-refractivity contribution in [1.29, 1.82) is 0 Å². The summed E-state index contributed by atoms with van der Waals surface area (Å²) in [4.78, 5) is 0. The van der Waals surface area contributed by atoms with E-state index in [0.29, 0.717) is 0 Å². The van der Waals surface area contributed by atoms with Gasteiger partial charge in [-0.15, -0.1) is 0 Å². The maximum atomic E-state index is 5.30. The van der Waals surface area contributed by atoms with Gasteiger partial charge in [0, 0.05) is 15.8 Å². The zero-order valence-electron chi connectivity index (χ0n) is 8.55. The predicted octanol–water partition coefficient (Wildman–Crippen LogP) is 4.10. The van der Waals surface area contributed by atoms with E-state index in [1.807, 2.05) is 23.9 Å². The Bertz CT molecular complexity index is 289. The van der Waals surface area contributed by atoms with Gasteiger partial charge >= 0.3 is 0 Å². The van der Waals surface area contributed by atoms with Crippen LogP contribution in [0.2, 0.25) is 0 Å². The number of hydrogen-bond donors (Lipinski definition) is 0. The maximum Gasteiger partial charge on any atom is 0.122 e. The highest BCUT2D eigenvalue weighted by Crippen LogP contribution is 2.26. The van der Waals surface area contributed by atoms with Gasteiger partial charge in [0.15, 0.2) is 0 Å². The molecule has 1 aromatic rings. The van der Waals surface area contributed by atoms with Crippen LogP contribution >= 0.6 is 27.7 Å². The third-order valence-corrected chi connectivity index (χ3v) is 3.55. The van der Waals surface area contributed by atoms with Crippen molar-refractivity contribution < 1.29 is 4.74 Å². The lowest BCUT2D eigenvalue weighted by Gasteiger charge is -2.08. The van der Waals surface area contributed by atoms with Crippen molar-refractivity contribution in [1.82, 2.24) is 0 Å². The van der Waals surface area contributed by atoms with E-state index in [9.17, 15) is 0 Å². The molecule has 0 aliphatic rings. The second-order valence-electron chi connectivity index (χ2n) is 3.01. The summed E-state index contributed by atoms with van der Waals surface area (Å²) in [6, 6.07) is 6.14. The highest BCUT2D eigenvalue weighted by Gasteiger charge is 2.02. The van der Waals surface area contributed by atoms with Gasteiger partial charge in [-0.05, 0) is 30.4 Å². The molecule has 1 nitrogen and oxygen atoms in total. The van der Waals surface area contributed by atoms with E-state index in [4.69, 9.17) is 4.74 Å². The van der Waals surface area contributed by atoms with Gasteiger partial charge in [-0.2, -0.15) is 11.8 Å². The minimum atomic E-state index is 0.983. The zero-order chi connectivity index (χ0) is 10.4. The van der Waals surface area contributed by atoms with Crippen LogP contribution in [-0.4, -0.2) is 12.9 Å². The quantitative estimate of drug-likeness (QED) is 0.748. The fourth-order valence-corrected chi connectivity index (χ4v) is 2.47. The second kappa shape index (κ2) is 6.36. The van der Waals surface area contributed by atoms with E-state index < -0.39 is 0 Å². The molecular weight excluding hydrogens is 260 g/mol. The van der Waals surface area contributed by atoms with Crippen molar-refractivity contribution in [2.24, 2.45) is 0 Å². The molecule has 0 radical (unpaired) electrons. The summed E-state index contributed by atoms with van der Waals surface area (Å²) in [5.74, 6) is 3.21. The first kappa shape index (κ1) is 11.9. The highest BCUT2D eigenvalue weighted by molar-refractivity contribution is 9.10. The Morgan fingerprint density at radius 3 is 2.86 bits per heavy atom. The first-order valence-corrected chi connectivity index (χ1v) is 6.63. The summed E-state index contributed by atoms with van der Waals surface area (Å²) in [5.41, 5.74) is 1.26. The normalized spacial score (nSPS) is 10.2. The number of methoxy groups -OCH3 is 1.